The molecule has 27 heavy (non-hydrogen) atoms. The number of phenolic OH excluding ortho intramolecular Hbond substituents is 1. The van der Waals surface area contributed by atoms with Gasteiger partial charge in [0.1, 0.15) is 11.4 Å². The molecule has 0 unspecified atom stereocenters. The summed E-state index contributed by atoms with van der Waals surface area (Å²) in [7, 11) is 0. The monoisotopic (exact) mass is 399 g/mol. The summed E-state index contributed by atoms with van der Waals surface area (Å²) in [5.41, 5.74) is 0.741. The lowest BCUT2D eigenvalue weighted by Crippen LogP contribution is -2.27. The van der Waals surface area contributed by atoms with Gasteiger partial charge in [0, 0.05) is 25.9 Å². The standard InChI is InChI=1S/C20H14ClNO4S/c21-16-7-2-1-6-15(16)18-9-8-14(27-18)11-17(20(25)26)22-19(24)12-4-3-5-13(23)10-12/h1-11,23H,(H,22,24)(H,25,26)/b17-11+. The van der Waals surface area contributed by atoms with Gasteiger partial charge in [-0.2, -0.15) is 0 Å². The van der Waals surface area contributed by atoms with E-state index in [9.17, 15) is 19.8 Å². The molecule has 0 aliphatic rings. The van der Waals surface area contributed by atoms with Crippen LogP contribution in [0.1, 0.15) is 15.2 Å². The number of rotatable bonds is 5. The largest absolute Gasteiger partial charge is 0.508 e. The Kier molecular flexibility index (Phi) is 5.59. The highest BCUT2D eigenvalue weighted by Crippen LogP contribution is 2.33. The maximum Gasteiger partial charge on any atom is 0.352 e. The third-order valence-electron chi connectivity index (χ3n) is 3.64. The second-order valence-electron chi connectivity index (χ2n) is 5.55. The number of halogens is 1. The van der Waals surface area contributed by atoms with Crippen LogP contribution in [0, 0.1) is 0 Å². The normalized spacial score (nSPS) is 11.2. The molecule has 3 aromatic rings. The predicted molar refractivity (Wildman–Crippen MR) is 106 cm³/mol. The van der Waals surface area contributed by atoms with Crippen molar-refractivity contribution in [3.8, 4) is 16.2 Å². The van der Waals surface area contributed by atoms with Crippen molar-refractivity contribution in [1.29, 1.82) is 0 Å². The molecular formula is C20H14ClNO4S. The summed E-state index contributed by atoms with van der Waals surface area (Å²) < 4.78 is 0. The van der Waals surface area contributed by atoms with Gasteiger partial charge in [0.25, 0.3) is 5.91 Å². The molecule has 1 heterocycles. The van der Waals surface area contributed by atoms with Crippen LogP contribution in [0.15, 0.2) is 66.4 Å². The molecule has 1 aromatic heterocycles. The van der Waals surface area contributed by atoms with Crippen molar-refractivity contribution < 1.29 is 19.8 Å². The topological polar surface area (TPSA) is 86.6 Å². The van der Waals surface area contributed by atoms with Crippen molar-refractivity contribution in [3.05, 3.63) is 81.8 Å². The first kappa shape index (κ1) is 18.7. The van der Waals surface area contributed by atoms with Gasteiger partial charge >= 0.3 is 5.97 Å². The van der Waals surface area contributed by atoms with E-state index in [0.717, 1.165) is 10.4 Å². The van der Waals surface area contributed by atoms with Gasteiger partial charge in [-0.3, -0.25) is 4.79 Å². The molecule has 0 bridgehead atoms. The van der Waals surface area contributed by atoms with E-state index in [1.807, 2.05) is 24.3 Å². The molecule has 136 valence electrons. The molecule has 7 heteroatoms. The van der Waals surface area contributed by atoms with Crippen LogP contribution in [-0.4, -0.2) is 22.1 Å². The van der Waals surface area contributed by atoms with Crippen molar-refractivity contribution in [1.82, 2.24) is 5.32 Å². The number of amides is 1. The van der Waals surface area contributed by atoms with Crippen LogP contribution in [0.3, 0.4) is 0 Å². The minimum Gasteiger partial charge on any atom is -0.508 e. The van der Waals surface area contributed by atoms with E-state index in [2.05, 4.69) is 5.32 Å². The molecule has 1 amide bonds. The van der Waals surface area contributed by atoms with Gasteiger partial charge in [-0.1, -0.05) is 35.9 Å². The predicted octanol–water partition coefficient (Wildman–Crippen LogP) is 4.63. The number of carboxylic acid groups (broad SMARTS) is 1. The fourth-order valence-corrected chi connectivity index (χ4v) is 3.66. The zero-order valence-corrected chi connectivity index (χ0v) is 15.4. The zero-order chi connectivity index (χ0) is 19.4. The molecule has 0 fully saturated rings. The highest BCUT2D eigenvalue weighted by molar-refractivity contribution is 7.16. The lowest BCUT2D eigenvalue weighted by atomic mass is 10.2. The Morgan fingerprint density at radius 1 is 1.04 bits per heavy atom. The Labute approximate surface area is 164 Å². The molecule has 0 aliphatic heterocycles. The zero-order valence-electron chi connectivity index (χ0n) is 13.8. The first-order valence-corrected chi connectivity index (χ1v) is 9.03. The molecule has 0 atom stereocenters. The average Bonchev–Trinajstić information content (AvgIpc) is 3.09. The molecule has 0 saturated heterocycles. The van der Waals surface area contributed by atoms with E-state index < -0.39 is 11.9 Å². The first-order valence-electron chi connectivity index (χ1n) is 7.84. The van der Waals surface area contributed by atoms with Crippen LogP contribution in [0.5, 0.6) is 5.75 Å². The number of hydrogen-bond acceptors (Lipinski definition) is 4. The lowest BCUT2D eigenvalue weighted by molar-refractivity contribution is -0.132. The maximum atomic E-state index is 12.2. The van der Waals surface area contributed by atoms with Crippen molar-refractivity contribution in [2.45, 2.75) is 0 Å². The molecule has 0 aliphatic carbocycles. The van der Waals surface area contributed by atoms with E-state index in [4.69, 9.17) is 11.6 Å². The minimum absolute atomic E-state index is 0.0776. The Morgan fingerprint density at radius 3 is 2.52 bits per heavy atom. The van der Waals surface area contributed by atoms with Crippen LogP contribution in [0.25, 0.3) is 16.5 Å². The Balaban J connectivity index is 1.85. The molecule has 5 nitrogen and oxygen atoms in total. The van der Waals surface area contributed by atoms with Crippen molar-refractivity contribution in [2.75, 3.05) is 0 Å². The van der Waals surface area contributed by atoms with E-state index in [-0.39, 0.29) is 17.0 Å². The fraction of sp³-hybridized carbons (Fsp3) is 0. The fourth-order valence-electron chi connectivity index (χ4n) is 2.37. The quantitative estimate of drug-likeness (QED) is 0.546. The number of carbonyl (C=O) groups is 2. The van der Waals surface area contributed by atoms with Gasteiger partial charge in [0.15, 0.2) is 0 Å². The highest BCUT2D eigenvalue weighted by Gasteiger charge is 2.15. The van der Waals surface area contributed by atoms with Gasteiger partial charge < -0.3 is 15.5 Å². The summed E-state index contributed by atoms with van der Waals surface area (Å²) in [5.74, 6) is -1.97. The number of carboxylic acids is 1. The van der Waals surface area contributed by atoms with E-state index in [1.54, 1.807) is 12.1 Å². The molecular weight excluding hydrogens is 386 g/mol. The summed E-state index contributed by atoms with van der Waals surface area (Å²) in [6.07, 6.45) is 1.38. The highest BCUT2D eigenvalue weighted by atomic mass is 35.5. The number of thiophene rings is 1. The number of aliphatic carboxylic acids is 1. The maximum absolute atomic E-state index is 12.2. The number of hydrogen-bond donors (Lipinski definition) is 3. The van der Waals surface area contributed by atoms with E-state index >= 15 is 0 Å². The van der Waals surface area contributed by atoms with Crippen LogP contribution in [0.4, 0.5) is 0 Å². The molecule has 0 spiro atoms. The molecule has 2 aromatic carbocycles. The van der Waals surface area contributed by atoms with Crippen LogP contribution < -0.4 is 5.32 Å². The Morgan fingerprint density at radius 2 is 1.81 bits per heavy atom. The number of phenols is 1. The van der Waals surface area contributed by atoms with Crippen LogP contribution in [-0.2, 0) is 4.79 Å². The van der Waals surface area contributed by atoms with Gasteiger partial charge in [-0.15, -0.1) is 11.3 Å². The summed E-state index contributed by atoms with van der Waals surface area (Å²) in [5, 5.41) is 21.8. The average molecular weight is 400 g/mol. The Hall–Kier alpha value is -3.09. The van der Waals surface area contributed by atoms with Crippen LogP contribution >= 0.6 is 22.9 Å². The third-order valence-corrected chi connectivity index (χ3v) is 5.03. The summed E-state index contributed by atoms with van der Waals surface area (Å²) in [6.45, 7) is 0. The first-order chi connectivity index (χ1) is 12.9. The number of benzene rings is 2. The molecule has 3 N–H and O–H groups in total. The van der Waals surface area contributed by atoms with Gasteiger partial charge in [-0.05, 0) is 42.5 Å². The van der Waals surface area contributed by atoms with E-state index in [0.29, 0.717) is 9.90 Å². The number of aromatic hydroxyl groups is 1. The smallest absolute Gasteiger partial charge is 0.352 e. The second kappa shape index (κ2) is 8.07. The molecule has 3 rings (SSSR count). The van der Waals surface area contributed by atoms with E-state index in [1.165, 1.54) is 41.7 Å². The van der Waals surface area contributed by atoms with Gasteiger partial charge in [0.05, 0.1) is 0 Å². The molecule has 0 radical (unpaired) electrons. The third kappa shape index (κ3) is 4.55. The second-order valence-corrected chi connectivity index (χ2v) is 7.07. The van der Waals surface area contributed by atoms with Crippen molar-refractivity contribution >= 4 is 40.9 Å². The Bertz CT molecular complexity index is 1040. The van der Waals surface area contributed by atoms with Crippen molar-refractivity contribution in [2.24, 2.45) is 0 Å². The van der Waals surface area contributed by atoms with Gasteiger partial charge in [-0.25, -0.2) is 4.79 Å². The minimum atomic E-state index is -1.27. The number of nitrogens with one attached hydrogen (secondary N) is 1. The van der Waals surface area contributed by atoms with Gasteiger partial charge in [0.2, 0.25) is 0 Å². The van der Waals surface area contributed by atoms with Crippen LogP contribution in [0.2, 0.25) is 5.02 Å². The van der Waals surface area contributed by atoms with Crippen molar-refractivity contribution in [3.63, 3.8) is 0 Å². The summed E-state index contributed by atoms with van der Waals surface area (Å²) in [4.78, 5) is 25.3. The summed E-state index contributed by atoms with van der Waals surface area (Å²) >= 11 is 7.55. The number of carbonyl (C=O) groups excluding carboxylic acids is 1. The lowest BCUT2D eigenvalue weighted by Gasteiger charge is -2.06. The summed E-state index contributed by atoms with van der Waals surface area (Å²) in [6, 6.07) is 16.6. The SMILES string of the molecule is O=C(O)/C(=C\c1ccc(-c2ccccc2Cl)s1)NC(=O)c1cccc(O)c1. The molecule has 0 saturated carbocycles.